The zero-order valence-electron chi connectivity index (χ0n) is 16.4. The number of hydrogen-bond acceptors (Lipinski definition) is 4. The third kappa shape index (κ3) is 5.32. The number of carbonyl (C=O) groups excluding carboxylic acids is 2. The Kier molecular flexibility index (Phi) is 6.45. The maximum absolute atomic E-state index is 12.7. The number of aliphatic hydroxyl groups is 1. The molecule has 3 N–H and O–H groups in total. The summed E-state index contributed by atoms with van der Waals surface area (Å²) in [4.78, 5) is 24.9. The zero-order valence-corrected chi connectivity index (χ0v) is 16.4. The van der Waals surface area contributed by atoms with Gasteiger partial charge in [0, 0.05) is 11.3 Å². The second-order valence-electron chi connectivity index (χ2n) is 6.79. The molecular formula is C22H19F3N2O4. The highest BCUT2D eigenvalue weighted by Crippen LogP contribution is 2.30. The molecule has 2 aromatic carbocycles. The number of halogens is 3. The van der Waals surface area contributed by atoms with Crippen LogP contribution in [-0.4, -0.2) is 23.5 Å². The quantitative estimate of drug-likeness (QED) is 0.541. The second kappa shape index (κ2) is 9.05. The maximum Gasteiger partial charge on any atom is 0.416 e. The van der Waals surface area contributed by atoms with E-state index in [9.17, 15) is 27.9 Å². The monoisotopic (exact) mass is 432 g/mol. The summed E-state index contributed by atoms with van der Waals surface area (Å²) >= 11 is 0. The standard InChI is InChI=1S/C22H19F3N2O4/c1-13-4-5-15(11-17(13)26-21(30)19-3-2-10-31-19)20(29)27-18(12-28)14-6-8-16(9-7-14)22(23,24)25/h2-11,18,28H,12H2,1H3,(H,26,30)(H,27,29)/t18-/m0/s1. The lowest BCUT2D eigenvalue weighted by atomic mass is 10.0. The van der Waals surface area contributed by atoms with Crippen molar-refractivity contribution in [3.05, 3.63) is 88.9 Å². The number of anilines is 1. The Hall–Kier alpha value is -3.59. The van der Waals surface area contributed by atoms with Crippen LogP contribution in [0.4, 0.5) is 18.9 Å². The van der Waals surface area contributed by atoms with Crippen molar-refractivity contribution in [2.45, 2.75) is 19.1 Å². The molecule has 1 atom stereocenters. The maximum atomic E-state index is 12.7. The van der Waals surface area contributed by atoms with Gasteiger partial charge >= 0.3 is 6.18 Å². The van der Waals surface area contributed by atoms with E-state index in [0.717, 1.165) is 12.1 Å². The minimum atomic E-state index is -4.48. The Morgan fingerprint density at radius 1 is 1.06 bits per heavy atom. The fourth-order valence-electron chi connectivity index (χ4n) is 2.87. The largest absolute Gasteiger partial charge is 0.459 e. The van der Waals surface area contributed by atoms with E-state index >= 15 is 0 Å². The van der Waals surface area contributed by atoms with Crippen LogP contribution in [0.1, 0.15) is 43.6 Å². The Morgan fingerprint density at radius 3 is 2.35 bits per heavy atom. The predicted octanol–water partition coefficient (Wildman–Crippen LogP) is 4.32. The minimum absolute atomic E-state index is 0.108. The number of furan rings is 1. The molecule has 1 heterocycles. The molecule has 31 heavy (non-hydrogen) atoms. The fourth-order valence-corrected chi connectivity index (χ4v) is 2.87. The summed E-state index contributed by atoms with van der Waals surface area (Å²) < 4.78 is 43.2. The Bertz CT molecular complexity index is 1060. The lowest BCUT2D eigenvalue weighted by Gasteiger charge is -2.18. The van der Waals surface area contributed by atoms with E-state index in [-0.39, 0.29) is 11.3 Å². The van der Waals surface area contributed by atoms with Crippen LogP contribution < -0.4 is 10.6 Å². The average molecular weight is 432 g/mol. The van der Waals surface area contributed by atoms with Gasteiger partial charge in [-0.25, -0.2) is 0 Å². The summed E-state index contributed by atoms with van der Waals surface area (Å²) in [5.41, 5.74) is 0.796. The lowest BCUT2D eigenvalue weighted by Crippen LogP contribution is -2.31. The third-order valence-electron chi connectivity index (χ3n) is 4.62. The Labute approximate surface area is 175 Å². The summed E-state index contributed by atoms with van der Waals surface area (Å²) in [6.07, 6.45) is -3.11. The molecule has 0 saturated heterocycles. The number of amides is 2. The molecule has 3 rings (SSSR count). The molecule has 1 aromatic heterocycles. The van der Waals surface area contributed by atoms with Crippen LogP contribution in [0, 0.1) is 6.92 Å². The summed E-state index contributed by atoms with van der Waals surface area (Å²) in [5.74, 6) is -0.937. The van der Waals surface area contributed by atoms with E-state index < -0.39 is 36.2 Å². The number of nitrogens with one attached hydrogen (secondary N) is 2. The van der Waals surface area contributed by atoms with Gasteiger partial charge in [0.25, 0.3) is 11.8 Å². The van der Waals surface area contributed by atoms with Crippen LogP contribution in [0.15, 0.2) is 65.3 Å². The highest BCUT2D eigenvalue weighted by Gasteiger charge is 2.30. The zero-order chi connectivity index (χ0) is 22.6. The van der Waals surface area contributed by atoms with Crippen molar-refractivity contribution in [2.75, 3.05) is 11.9 Å². The van der Waals surface area contributed by atoms with Crippen molar-refractivity contribution in [2.24, 2.45) is 0 Å². The first-order chi connectivity index (χ1) is 14.7. The highest BCUT2D eigenvalue weighted by atomic mass is 19.4. The Balaban J connectivity index is 1.75. The molecule has 0 aliphatic heterocycles. The van der Waals surface area contributed by atoms with Gasteiger partial charge in [-0.15, -0.1) is 0 Å². The van der Waals surface area contributed by atoms with Gasteiger partial charge in [-0.2, -0.15) is 13.2 Å². The molecule has 0 bridgehead atoms. The van der Waals surface area contributed by atoms with Crippen molar-refractivity contribution >= 4 is 17.5 Å². The number of aliphatic hydroxyl groups excluding tert-OH is 1. The number of aryl methyl sites for hydroxylation is 1. The molecule has 0 aliphatic rings. The third-order valence-corrected chi connectivity index (χ3v) is 4.62. The van der Waals surface area contributed by atoms with Crippen LogP contribution in [-0.2, 0) is 6.18 Å². The number of rotatable bonds is 6. The van der Waals surface area contributed by atoms with E-state index in [1.54, 1.807) is 19.1 Å². The Morgan fingerprint density at radius 2 is 1.77 bits per heavy atom. The van der Waals surface area contributed by atoms with E-state index in [1.165, 1.54) is 36.6 Å². The summed E-state index contributed by atoms with van der Waals surface area (Å²) in [5, 5.41) is 14.9. The molecule has 2 amide bonds. The van der Waals surface area contributed by atoms with Crippen LogP contribution in [0.5, 0.6) is 0 Å². The average Bonchev–Trinajstić information content (AvgIpc) is 3.28. The van der Waals surface area contributed by atoms with Gasteiger partial charge in [0.05, 0.1) is 24.5 Å². The second-order valence-corrected chi connectivity index (χ2v) is 6.79. The molecule has 0 radical (unpaired) electrons. The molecule has 0 aliphatic carbocycles. The molecule has 0 fully saturated rings. The van der Waals surface area contributed by atoms with Crippen molar-refractivity contribution in [3.63, 3.8) is 0 Å². The first-order valence-corrected chi connectivity index (χ1v) is 9.23. The van der Waals surface area contributed by atoms with Crippen LogP contribution in [0.2, 0.25) is 0 Å². The first kappa shape index (κ1) is 22.1. The van der Waals surface area contributed by atoms with E-state index in [4.69, 9.17) is 4.42 Å². The van der Waals surface area contributed by atoms with E-state index in [2.05, 4.69) is 10.6 Å². The molecular weight excluding hydrogens is 413 g/mol. The van der Waals surface area contributed by atoms with Crippen molar-refractivity contribution < 1.29 is 32.3 Å². The molecule has 162 valence electrons. The van der Waals surface area contributed by atoms with Gasteiger partial charge in [-0.1, -0.05) is 18.2 Å². The number of hydrogen-bond donors (Lipinski definition) is 3. The number of alkyl halides is 3. The highest BCUT2D eigenvalue weighted by molar-refractivity contribution is 6.04. The molecule has 9 heteroatoms. The first-order valence-electron chi connectivity index (χ1n) is 9.23. The minimum Gasteiger partial charge on any atom is -0.459 e. The number of carbonyl (C=O) groups is 2. The summed E-state index contributed by atoms with van der Waals surface area (Å²) in [6.45, 7) is 1.24. The van der Waals surface area contributed by atoms with Gasteiger partial charge in [-0.05, 0) is 54.4 Å². The van der Waals surface area contributed by atoms with E-state index in [0.29, 0.717) is 16.8 Å². The van der Waals surface area contributed by atoms with Gasteiger partial charge in [0.1, 0.15) is 0 Å². The summed E-state index contributed by atoms with van der Waals surface area (Å²) in [7, 11) is 0. The SMILES string of the molecule is Cc1ccc(C(=O)N[C@@H](CO)c2ccc(C(F)(F)F)cc2)cc1NC(=O)c1ccco1. The van der Waals surface area contributed by atoms with Gasteiger partial charge in [0.15, 0.2) is 5.76 Å². The summed E-state index contributed by atoms with van der Waals surface area (Å²) in [6, 6.07) is 11.0. The molecule has 0 spiro atoms. The molecule has 0 saturated carbocycles. The van der Waals surface area contributed by atoms with Crippen molar-refractivity contribution in [3.8, 4) is 0 Å². The molecule has 0 unspecified atom stereocenters. The molecule has 6 nitrogen and oxygen atoms in total. The fraction of sp³-hybridized carbons (Fsp3) is 0.182. The van der Waals surface area contributed by atoms with Gasteiger partial charge in [0.2, 0.25) is 0 Å². The van der Waals surface area contributed by atoms with Crippen molar-refractivity contribution in [1.29, 1.82) is 0 Å². The van der Waals surface area contributed by atoms with Gasteiger partial charge < -0.3 is 20.2 Å². The smallest absolute Gasteiger partial charge is 0.416 e. The van der Waals surface area contributed by atoms with Crippen LogP contribution >= 0.6 is 0 Å². The van der Waals surface area contributed by atoms with Gasteiger partial charge in [-0.3, -0.25) is 9.59 Å². The van der Waals surface area contributed by atoms with Crippen LogP contribution in [0.25, 0.3) is 0 Å². The van der Waals surface area contributed by atoms with Crippen LogP contribution in [0.3, 0.4) is 0 Å². The van der Waals surface area contributed by atoms with Crippen molar-refractivity contribution in [1.82, 2.24) is 5.32 Å². The molecule has 3 aromatic rings. The predicted molar refractivity (Wildman–Crippen MR) is 107 cm³/mol. The van der Waals surface area contributed by atoms with E-state index in [1.807, 2.05) is 0 Å². The normalized spacial score (nSPS) is 12.3. The number of benzene rings is 2. The lowest BCUT2D eigenvalue weighted by molar-refractivity contribution is -0.137. The topological polar surface area (TPSA) is 91.6 Å².